The maximum absolute atomic E-state index is 11.8. The number of guanidine groups is 1. The van der Waals surface area contributed by atoms with Gasteiger partial charge in [0.05, 0.1) is 0 Å². The largest absolute Gasteiger partial charge is 0.357 e. The van der Waals surface area contributed by atoms with Gasteiger partial charge in [-0.3, -0.25) is 14.8 Å². The minimum Gasteiger partial charge on any atom is -0.357 e. The van der Waals surface area contributed by atoms with Gasteiger partial charge < -0.3 is 16.0 Å². The first-order chi connectivity index (χ1) is 14.0. The second-order valence-electron chi connectivity index (χ2n) is 7.31. The molecule has 7 heteroatoms. The van der Waals surface area contributed by atoms with Crippen molar-refractivity contribution >= 4 is 35.8 Å². The fraction of sp³-hybridized carbons (Fsp3) is 0.435. The summed E-state index contributed by atoms with van der Waals surface area (Å²) >= 11 is 0. The van der Waals surface area contributed by atoms with E-state index < -0.39 is 0 Å². The summed E-state index contributed by atoms with van der Waals surface area (Å²) in [6, 6.07) is 11.8. The molecule has 0 spiro atoms. The van der Waals surface area contributed by atoms with Gasteiger partial charge in [0.15, 0.2) is 5.96 Å². The highest BCUT2D eigenvalue weighted by atomic mass is 127. The lowest BCUT2D eigenvalue weighted by Crippen LogP contribution is -2.38. The van der Waals surface area contributed by atoms with Crippen LogP contribution in [-0.4, -0.2) is 43.5 Å². The van der Waals surface area contributed by atoms with E-state index >= 15 is 0 Å². The molecular formula is C23H34IN5O. The number of carbonyl (C=O) groups excluding carboxylic acids is 1. The number of rotatable bonds is 9. The molecule has 0 fully saturated rings. The second-order valence-corrected chi connectivity index (χ2v) is 7.31. The van der Waals surface area contributed by atoms with Crippen molar-refractivity contribution in [1.82, 2.24) is 20.9 Å². The summed E-state index contributed by atoms with van der Waals surface area (Å²) in [5.41, 5.74) is 3.01. The predicted molar refractivity (Wildman–Crippen MR) is 135 cm³/mol. The number of amides is 1. The lowest BCUT2D eigenvalue weighted by atomic mass is 9.89. The lowest BCUT2D eigenvalue weighted by Gasteiger charge is -2.20. The molecule has 1 atom stereocenters. The molecule has 1 aromatic heterocycles. The number of benzene rings is 1. The first-order valence-corrected chi connectivity index (χ1v) is 10.3. The zero-order chi connectivity index (χ0) is 21.1. The zero-order valence-corrected chi connectivity index (χ0v) is 20.6. The SMILES string of the molecule is CCNC(=NCC(c1cccnc1)C(C)C)NCCc1cccc(C(=O)NC)c1.I. The first kappa shape index (κ1) is 25.9. The van der Waals surface area contributed by atoms with Crippen LogP contribution in [0.2, 0.25) is 0 Å². The molecule has 0 aliphatic rings. The summed E-state index contributed by atoms with van der Waals surface area (Å²) < 4.78 is 0. The molecule has 0 saturated carbocycles. The molecule has 1 unspecified atom stereocenters. The van der Waals surface area contributed by atoms with Crippen LogP contribution >= 0.6 is 24.0 Å². The van der Waals surface area contributed by atoms with Crippen molar-refractivity contribution in [1.29, 1.82) is 0 Å². The molecule has 164 valence electrons. The highest BCUT2D eigenvalue weighted by Gasteiger charge is 2.16. The summed E-state index contributed by atoms with van der Waals surface area (Å²) in [7, 11) is 1.64. The summed E-state index contributed by atoms with van der Waals surface area (Å²) in [5.74, 6) is 1.54. The number of halogens is 1. The number of nitrogens with one attached hydrogen (secondary N) is 3. The molecule has 2 aromatic rings. The summed E-state index contributed by atoms with van der Waals surface area (Å²) in [5, 5.41) is 9.37. The van der Waals surface area contributed by atoms with Gasteiger partial charge >= 0.3 is 0 Å². The van der Waals surface area contributed by atoms with Crippen LogP contribution in [0.5, 0.6) is 0 Å². The van der Waals surface area contributed by atoms with Crippen molar-refractivity contribution in [2.24, 2.45) is 10.9 Å². The number of hydrogen-bond acceptors (Lipinski definition) is 3. The quantitative estimate of drug-likeness (QED) is 0.267. The number of pyridine rings is 1. The third-order valence-electron chi connectivity index (χ3n) is 4.83. The van der Waals surface area contributed by atoms with Crippen molar-refractivity contribution in [2.45, 2.75) is 33.1 Å². The average Bonchev–Trinajstić information content (AvgIpc) is 2.74. The number of carbonyl (C=O) groups is 1. The minimum atomic E-state index is -0.0650. The van der Waals surface area contributed by atoms with Crippen LogP contribution in [-0.2, 0) is 6.42 Å². The maximum atomic E-state index is 11.8. The predicted octanol–water partition coefficient (Wildman–Crippen LogP) is 3.60. The van der Waals surface area contributed by atoms with Crippen molar-refractivity contribution in [3.63, 3.8) is 0 Å². The third-order valence-corrected chi connectivity index (χ3v) is 4.83. The van der Waals surface area contributed by atoms with E-state index in [1.807, 2.05) is 36.5 Å². The molecule has 0 saturated heterocycles. The Labute approximate surface area is 197 Å². The van der Waals surface area contributed by atoms with Gasteiger partial charge in [-0.15, -0.1) is 24.0 Å². The standard InChI is InChI=1S/C23H33N5O.HI/c1-5-26-23(28-16-21(17(2)3)20-10-7-12-25-15-20)27-13-11-18-8-6-9-19(14-18)22(29)24-4;/h6-10,12,14-15,17,21H,5,11,13,16H2,1-4H3,(H,24,29)(H2,26,27,28);1H. The Morgan fingerprint density at radius 2 is 1.97 bits per heavy atom. The van der Waals surface area contributed by atoms with E-state index in [2.05, 4.69) is 47.8 Å². The highest BCUT2D eigenvalue weighted by molar-refractivity contribution is 14.0. The molecule has 30 heavy (non-hydrogen) atoms. The van der Waals surface area contributed by atoms with Crippen LogP contribution in [0.4, 0.5) is 0 Å². The van der Waals surface area contributed by atoms with Gasteiger partial charge in [0.1, 0.15) is 0 Å². The van der Waals surface area contributed by atoms with E-state index in [0.717, 1.165) is 31.0 Å². The molecule has 1 aromatic carbocycles. The van der Waals surface area contributed by atoms with Crippen LogP contribution in [0.3, 0.4) is 0 Å². The van der Waals surface area contributed by atoms with Crippen LogP contribution in [0.25, 0.3) is 0 Å². The molecule has 0 aliphatic carbocycles. The van der Waals surface area contributed by atoms with E-state index in [9.17, 15) is 4.79 Å². The summed E-state index contributed by atoms with van der Waals surface area (Å²) in [6.45, 7) is 8.73. The molecule has 3 N–H and O–H groups in total. The Bertz CT molecular complexity index is 795. The Morgan fingerprint density at radius 1 is 1.17 bits per heavy atom. The summed E-state index contributed by atoms with van der Waals surface area (Å²) in [6.07, 6.45) is 4.54. The van der Waals surface area contributed by atoms with Gasteiger partial charge in [0.25, 0.3) is 5.91 Å². The van der Waals surface area contributed by atoms with Gasteiger partial charge in [0.2, 0.25) is 0 Å². The van der Waals surface area contributed by atoms with Crippen molar-refractivity contribution in [2.75, 3.05) is 26.7 Å². The van der Waals surface area contributed by atoms with Gasteiger partial charge in [-0.25, -0.2) is 0 Å². The van der Waals surface area contributed by atoms with Gasteiger partial charge in [-0.1, -0.05) is 32.0 Å². The molecule has 6 nitrogen and oxygen atoms in total. The Balaban J connectivity index is 0.00000450. The van der Waals surface area contributed by atoms with E-state index in [1.54, 1.807) is 13.2 Å². The second kappa shape index (κ2) is 14.0. The van der Waals surface area contributed by atoms with E-state index in [-0.39, 0.29) is 29.9 Å². The fourth-order valence-electron chi connectivity index (χ4n) is 3.17. The smallest absolute Gasteiger partial charge is 0.251 e. The van der Waals surface area contributed by atoms with E-state index in [1.165, 1.54) is 5.56 Å². The fourth-order valence-corrected chi connectivity index (χ4v) is 3.17. The monoisotopic (exact) mass is 523 g/mol. The summed E-state index contributed by atoms with van der Waals surface area (Å²) in [4.78, 5) is 20.8. The normalized spacial score (nSPS) is 12.1. The van der Waals surface area contributed by atoms with Crippen molar-refractivity contribution in [3.8, 4) is 0 Å². The van der Waals surface area contributed by atoms with Crippen molar-refractivity contribution in [3.05, 3.63) is 65.5 Å². The molecule has 0 radical (unpaired) electrons. The zero-order valence-electron chi connectivity index (χ0n) is 18.3. The number of hydrogen-bond donors (Lipinski definition) is 3. The third kappa shape index (κ3) is 8.30. The molecule has 1 heterocycles. The number of aliphatic imine (C=N–C) groups is 1. The molecular weight excluding hydrogens is 489 g/mol. The van der Waals surface area contributed by atoms with E-state index in [0.29, 0.717) is 23.9 Å². The van der Waals surface area contributed by atoms with E-state index in [4.69, 9.17) is 4.99 Å². The van der Waals surface area contributed by atoms with Crippen LogP contribution in [0, 0.1) is 5.92 Å². The Hall–Kier alpha value is -2.16. The van der Waals surface area contributed by atoms with Gasteiger partial charge in [0, 0.05) is 50.6 Å². The van der Waals surface area contributed by atoms with Crippen LogP contribution < -0.4 is 16.0 Å². The van der Waals surface area contributed by atoms with Crippen molar-refractivity contribution < 1.29 is 4.79 Å². The molecule has 0 aliphatic heterocycles. The maximum Gasteiger partial charge on any atom is 0.251 e. The number of nitrogens with zero attached hydrogens (tertiary/aromatic N) is 2. The topological polar surface area (TPSA) is 78.4 Å². The lowest BCUT2D eigenvalue weighted by molar-refractivity contribution is 0.0963. The minimum absolute atomic E-state index is 0. The molecule has 0 bridgehead atoms. The first-order valence-electron chi connectivity index (χ1n) is 10.3. The Morgan fingerprint density at radius 3 is 2.60 bits per heavy atom. The van der Waals surface area contributed by atoms with Gasteiger partial charge in [-0.2, -0.15) is 0 Å². The highest BCUT2D eigenvalue weighted by Crippen LogP contribution is 2.23. The number of aromatic nitrogens is 1. The molecule has 2 rings (SSSR count). The van der Waals surface area contributed by atoms with Crippen LogP contribution in [0.15, 0.2) is 53.8 Å². The molecule has 1 amide bonds. The average molecular weight is 523 g/mol. The Kier molecular flexibility index (Phi) is 12.0. The van der Waals surface area contributed by atoms with Gasteiger partial charge in [-0.05, 0) is 48.6 Å². The van der Waals surface area contributed by atoms with Crippen LogP contribution in [0.1, 0.15) is 48.2 Å².